The molecule has 0 unspecified atom stereocenters. The lowest BCUT2D eigenvalue weighted by Crippen LogP contribution is -2.49. The number of nitrogen functional groups attached to an aromatic ring is 1. The number of imidazole rings is 1. The maximum Gasteiger partial charge on any atom is 0.224 e. The van der Waals surface area contributed by atoms with Gasteiger partial charge in [0.25, 0.3) is 0 Å². The summed E-state index contributed by atoms with van der Waals surface area (Å²) in [7, 11) is 0. The molecule has 2 heterocycles. The normalized spacial score (nSPS) is 11.9. The summed E-state index contributed by atoms with van der Waals surface area (Å²) in [5.74, 6) is 0.256. The van der Waals surface area contributed by atoms with Gasteiger partial charge >= 0.3 is 0 Å². The Morgan fingerprint density at radius 2 is 1.89 bits per heavy atom. The number of aromatic nitrogens is 4. The van der Waals surface area contributed by atoms with Crippen LogP contribution in [0.3, 0.4) is 0 Å². The number of hydrogen-bond donors (Lipinski definition) is 6. The van der Waals surface area contributed by atoms with E-state index in [-0.39, 0.29) is 11.8 Å². The molecule has 9 nitrogen and oxygen atoms in total. The second-order valence-electron chi connectivity index (χ2n) is 3.91. The van der Waals surface area contributed by atoms with Crippen LogP contribution < -0.4 is 11.1 Å². The first-order valence-electron chi connectivity index (χ1n) is 5.21. The third-order valence-corrected chi connectivity index (χ3v) is 2.59. The standard InChI is InChI=1S/C9H14N6O3/c10-8-13-6-5(11-4-12-6)7(14-8)15-9(1-16,2-17)3-18/h4,16-18H,1-3H2,(H4,10,11,12,13,14,15). The molecule has 2 aromatic rings. The van der Waals surface area contributed by atoms with Crippen molar-refractivity contribution in [1.82, 2.24) is 19.9 Å². The van der Waals surface area contributed by atoms with E-state index in [1.807, 2.05) is 0 Å². The molecule has 0 atom stereocenters. The number of fused-ring (bicyclic) bond motifs is 1. The van der Waals surface area contributed by atoms with Gasteiger partial charge in [0, 0.05) is 0 Å². The summed E-state index contributed by atoms with van der Waals surface area (Å²) in [6.45, 7) is -1.42. The highest BCUT2D eigenvalue weighted by Gasteiger charge is 2.29. The van der Waals surface area contributed by atoms with E-state index in [1.54, 1.807) is 0 Å². The van der Waals surface area contributed by atoms with Crippen LogP contribution in [0.4, 0.5) is 11.8 Å². The summed E-state index contributed by atoms with van der Waals surface area (Å²) in [4.78, 5) is 14.6. The van der Waals surface area contributed by atoms with Gasteiger partial charge in [-0.25, -0.2) is 4.98 Å². The van der Waals surface area contributed by atoms with Crippen molar-refractivity contribution < 1.29 is 15.3 Å². The highest BCUT2D eigenvalue weighted by atomic mass is 16.3. The van der Waals surface area contributed by atoms with Gasteiger partial charge in [0.05, 0.1) is 26.1 Å². The van der Waals surface area contributed by atoms with Crippen molar-refractivity contribution in [3.05, 3.63) is 6.33 Å². The Kier molecular flexibility index (Phi) is 3.28. The fourth-order valence-electron chi connectivity index (χ4n) is 1.46. The Balaban J connectivity index is 2.44. The van der Waals surface area contributed by atoms with E-state index in [1.165, 1.54) is 6.33 Å². The summed E-state index contributed by atoms with van der Waals surface area (Å²) in [5, 5.41) is 30.5. The third-order valence-electron chi connectivity index (χ3n) is 2.59. The predicted molar refractivity (Wildman–Crippen MR) is 63.7 cm³/mol. The minimum atomic E-state index is -1.29. The molecular weight excluding hydrogens is 240 g/mol. The smallest absolute Gasteiger partial charge is 0.224 e. The van der Waals surface area contributed by atoms with Gasteiger partial charge in [-0.3, -0.25) is 0 Å². The molecule has 2 rings (SSSR count). The van der Waals surface area contributed by atoms with Gasteiger partial charge < -0.3 is 31.4 Å². The van der Waals surface area contributed by atoms with Crippen LogP contribution >= 0.6 is 0 Å². The molecule has 18 heavy (non-hydrogen) atoms. The van der Waals surface area contributed by atoms with Crippen molar-refractivity contribution in [1.29, 1.82) is 0 Å². The first-order chi connectivity index (χ1) is 8.64. The topological polar surface area (TPSA) is 153 Å². The van der Waals surface area contributed by atoms with Crippen LogP contribution in [0.2, 0.25) is 0 Å². The fraction of sp³-hybridized carbons (Fsp3) is 0.444. The summed E-state index contributed by atoms with van der Waals surface area (Å²) >= 11 is 0. The molecular formula is C9H14N6O3. The molecule has 2 aromatic heterocycles. The van der Waals surface area contributed by atoms with Gasteiger partial charge in [0.1, 0.15) is 11.1 Å². The molecule has 9 heteroatoms. The van der Waals surface area contributed by atoms with Crippen LogP contribution in [0.1, 0.15) is 0 Å². The lowest BCUT2D eigenvalue weighted by Gasteiger charge is -2.29. The van der Waals surface area contributed by atoms with Crippen molar-refractivity contribution in [2.24, 2.45) is 0 Å². The fourth-order valence-corrected chi connectivity index (χ4v) is 1.46. The van der Waals surface area contributed by atoms with Gasteiger partial charge in [-0.2, -0.15) is 9.97 Å². The number of nitrogens with two attached hydrogens (primary N) is 1. The second-order valence-corrected chi connectivity index (χ2v) is 3.91. The first-order valence-corrected chi connectivity index (χ1v) is 5.21. The van der Waals surface area contributed by atoms with E-state index < -0.39 is 25.4 Å². The van der Waals surface area contributed by atoms with Crippen LogP contribution in [0.25, 0.3) is 11.2 Å². The number of hydrogen-bond acceptors (Lipinski definition) is 8. The van der Waals surface area contributed by atoms with Crippen molar-refractivity contribution in [3.8, 4) is 0 Å². The number of aliphatic hydroxyl groups excluding tert-OH is 3. The number of aliphatic hydroxyl groups is 3. The molecule has 0 bridgehead atoms. The monoisotopic (exact) mass is 254 g/mol. The van der Waals surface area contributed by atoms with Crippen molar-refractivity contribution in [3.63, 3.8) is 0 Å². The highest BCUT2D eigenvalue weighted by Crippen LogP contribution is 2.21. The Morgan fingerprint density at radius 1 is 1.22 bits per heavy atom. The van der Waals surface area contributed by atoms with E-state index in [0.29, 0.717) is 11.2 Å². The van der Waals surface area contributed by atoms with Crippen LogP contribution in [-0.4, -0.2) is 60.6 Å². The molecule has 0 aliphatic carbocycles. The number of H-pyrrole nitrogens is 1. The summed E-state index contributed by atoms with van der Waals surface area (Å²) in [6, 6.07) is 0. The molecule has 0 aliphatic rings. The molecule has 0 amide bonds. The van der Waals surface area contributed by atoms with Gasteiger partial charge in [0.15, 0.2) is 11.5 Å². The van der Waals surface area contributed by atoms with Gasteiger partial charge in [-0.15, -0.1) is 0 Å². The molecule has 0 aromatic carbocycles. The van der Waals surface area contributed by atoms with Crippen molar-refractivity contribution >= 4 is 22.9 Å². The zero-order valence-electron chi connectivity index (χ0n) is 9.46. The summed E-state index contributed by atoms with van der Waals surface area (Å²) in [5.41, 5.74) is 5.06. The maximum atomic E-state index is 9.25. The van der Waals surface area contributed by atoms with Gasteiger partial charge in [-0.1, -0.05) is 0 Å². The SMILES string of the molecule is Nc1nc(NC(CO)(CO)CO)c2[nH]cnc2n1. The Bertz CT molecular complexity index is 530. The summed E-state index contributed by atoms with van der Waals surface area (Å²) in [6.07, 6.45) is 1.42. The van der Waals surface area contributed by atoms with Gasteiger partial charge in [0.2, 0.25) is 5.95 Å². The van der Waals surface area contributed by atoms with E-state index in [0.717, 1.165) is 0 Å². The summed E-state index contributed by atoms with van der Waals surface area (Å²) < 4.78 is 0. The quantitative estimate of drug-likeness (QED) is 0.360. The molecule has 0 radical (unpaired) electrons. The molecule has 0 spiro atoms. The first kappa shape index (κ1) is 12.5. The second kappa shape index (κ2) is 4.72. The minimum Gasteiger partial charge on any atom is -0.394 e. The van der Waals surface area contributed by atoms with E-state index >= 15 is 0 Å². The predicted octanol–water partition coefficient (Wildman–Crippen LogP) is -1.94. The third kappa shape index (κ3) is 2.06. The lowest BCUT2D eigenvalue weighted by atomic mass is 10.0. The molecule has 0 saturated carbocycles. The van der Waals surface area contributed by atoms with Crippen LogP contribution in [0, 0.1) is 0 Å². The average molecular weight is 254 g/mol. The largest absolute Gasteiger partial charge is 0.394 e. The number of anilines is 2. The van der Waals surface area contributed by atoms with E-state index in [2.05, 4.69) is 25.3 Å². The molecule has 0 saturated heterocycles. The minimum absolute atomic E-state index is 0.000167. The molecule has 7 N–H and O–H groups in total. The number of rotatable bonds is 5. The zero-order chi connectivity index (χ0) is 13.2. The van der Waals surface area contributed by atoms with Crippen LogP contribution in [0.15, 0.2) is 6.33 Å². The number of nitrogens with one attached hydrogen (secondary N) is 2. The van der Waals surface area contributed by atoms with Crippen molar-refractivity contribution in [2.75, 3.05) is 30.9 Å². The Morgan fingerprint density at radius 3 is 2.50 bits per heavy atom. The number of aromatic amines is 1. The molecule has 98 valence electrons. The molecule has 0 fully saturated rings. The van der Waals surface area contributed by atoms with Crippen molar-refractivity contribution in [2.45, 2.75) is 5.54 Å². The Hall–Kier alpha value is -1.97. The zero-order valence-corrected chi connectivity index (χ0v) is 9.46. The number of nitrogens with zero attached hydrogens (tertiary/aromatic N) is 3. The maximum absolute atomic E-state index is 9.25. The molecule has 0 aliphatic heterocycles. The average Bonchev–Trinajstić information content (AvgIpc) is 2.84. The Labute approximate surface area is 102 Å². The van der Waals surface area contributed by atoms with Crippen LogP contribution in [-0.2, 0) is 0 Å². The van der Waals surface area contributed by atoms with Gasteiger partial charge in [-0.05, 0) is 0 Å². The van der Waals surface area contributed by atoms with Crippen LogP contribution in [0.5, 0.6) is 0 Å². The van der Waals surface area contributed by atoms with E-state index in [9.17, 15) is 15.3 Å². The lowest BCUT2D eigenvalue weighted by molar-refractivity contribution is 0.0832. The highest BCUT2D eigenvalue weighted by molar-refractivity contribution is 5.83. The van der Waals surface area contributed by atoms with E-state index in [4.69, 9.17) is 5.73 Å².